The van der Waals surface area contributed by atoms with E-state index in [1.807, 2.05) is 36.7 Å². The number of carbonyl (C=O) groups is 2. The normalized spacial score (nSPS) is 26.7. The zero-order chi connectivity index (χ0) is 17.7. The first-order valence-electron chi connectivity index (χ1n) is 9.73. The molecule has 0 spiro atoms. The average molecular weight is 349 g/mol. The Morgan fingerprint density at radius 3 is 2.31 bits per heavy atom. The van der Waals surface area contributed by atoms with Crippen LogP contribution in [0.25, 0.3) is 11.0 Å². The highest BCUT2D eigenvalue weighted by molar-refractivity contribution is 6.22. The third kappa shape index (κ3) is 2.33. The summed E-state index contributed by atoms with van der Waals surface area (Å²) < 4.78 is 2.27. The first-order valence-corrected chi connectivity index (χ1v) is 9.73. The van der Waals surface area contributed by atoms with Crippen LogP contribution in [-0.2, 0) is 9.59 Å². The van der Waals surface area contributed by atoms with Crippen molar-refractivity contribution >= 4 is 28.5 Å². The van der Waals surface area contributed by atoms with Crippen molar-refractivity contribution in [1.82, 2.24) is 9.55 Å². The Balaban J connectivity index is 1.49. The largest absolute Gasteiger partial charge is 0.327 e. The standard InChI is InChI=1S/C21H23N3O2/c25-20-16-8-4-5-9-17(16)21(26)24(20)15-10-11-19-18(12-15)22-13-23(19)14-6-2-1-3-7-14/h4-5,10-14,16-17H,1-3,6-9H2. The molecule has 2 fully saturated rings. The maximum atomic E-state index is 12.8. The molecule has 5 heteroatoms. The molecule has 5 rings (SSSR count). The maximum Gasteiger partial charge on any atom is 0.238 e. The molecule has 0 radical (unpaired) electrons. The SMILES string of the molecule is O=C1C2CC=CCC2C(=O)N1c1ccc2c(c1)ncn2C1CCCCC1. The van der Waals surface area contributed by atoms with E-state index in [2.05, 4.69) is 9.55 Å². The summed E-state index contributed by atoms with van der Waals surface area (Å²) in [6, 6.07) is 6.34. The van der Waals surface area contributed by atoms with E-state index in [1.165, 1.54) is 37.0 Å². The van der Waals surface area contributed by atoms with Crippen LogP contribution in [0.4, 0.5) is 5.69 Å². The third-order valence-corrected chi connectivity index (χ3v) is 6.29. The Morgan fingerprint density at radius 1 is 0.923 bits per heavy atom. The van der Waals surface area contributed by atoms with Gasteiger partial charge in [-0.25, -0.2) is 9.88 Å². The third-order valence-electron chi connectivity index (χ3n) is 6.29. The molecule has 5 nitrogen and oxygen atoms in total. The summed E-state index contributed by atoms with van der Waals surface area (Å²) in [4.78, 5) is 31.5. The van der Waals surface area contributed by atoms with Crippen LogP contribution < -0.4 is 4.90 Å². The Labute approximate surface area is 152 Å². The van der Waals surface area contributed by atoms with Crippen molar-refractivity contribution in [2.24, 2.45) is 11.8 Å². The van der Waals surface area contributed by atoms with E-state index in [9.17, 15) is 9.59 Å². The number of allylic oxidation sites excluding steroid dienone is 2. The van der Waals surface area contributed by atoms with Gasteiger partial charge in [0.2, 0.25) is 11.8 Å². The second-order valence-corrected chi connectivity index (χ2v) is 7.78. The molecule has 1 saturated carbocycles. The molecule has 2 aliphatic carbocycles. The van der Waals surface area contributed by atoms with Crippen molar-refractivity contribution < 1.29 is 9.59 Å². The number of amides is 2. The highest BCUT2D eigenvalue weighted by Gasteiger charge is 2.47. The van der Waals surface area contributed by atoms with E-state index in [4.69, 9.17) is 0 Å². The van der Waals surface area contributed by atoms with Crippen LogP contribution >= 0.6 is 0 Å². The zero-order valence-electron chi connectivity index (χ0n) is 14.8. The molecule has 1 aromatic carbocycles. The average Bonchev–Trinajstić information content (AvgIpc) is 3.22. The van der Waals surface area contributed by atoms with Gasteiger partial charge < -0.3 is 4.57 Å². The molecule has 2 atom stereocenters. The van der Waals surface area contributed by atoms with Crippen LogP contribution in [0.15, 0.2) is 36.7 Å². The number of fused-ring (bicyclic) bond motifs is 2. The highest BCUT2D eigenvalue weighted by Crippen LogP contribution is 2.38. The molecule has 2 heterocycles. The lowest BCUT2D eigenvalue weighted by molar-refractivity contribution is -0.122. The molecular weight excluding hydrogens is 326 g/mol. The quantitative estimate of drug-likeness (QED) is 0.608. The number of anilines is 1. The molecule has 1 aliphatic heterocycles. The fourth-order valence-corrected chi connectivity index (χ4v) is 4.86. The Hall–Kier alpha value is -2.43. The molecule has 0 bridgehead atoms. The second-order valence-electron chi connectivity index (χ2n) is 7.78. The monoisotopic (exact) mass is 349 g/mol. The van der Waals surface area contributed by atoms with Gasteiger partial charge in [0, 0.05) is 6.04 Å². The number of benzene rings is 1. The van der Waals surface area contributed by atoms with E-state index in [1.54, 1.807) is 0 Å². The number of hydrogen-bond donors (Lipinski definition) is 0. The van der Waals surface area contributed by atoms with E-state index < -0.39 is 0 Å². The molecule has 2 amide bonds. The predicted octanol–water partition coefficient (Wildman–Crippen LogP) is 4.00. The molecular formula is C21H23N3O2. The van der Waals surface area contributed by atoms with Gasteiger partial charge in [-0.1, -0.05) is 31.4 Å². The van der Waals surface area contributed by atoms with Gasteiger partial charge in [0.05, 0.1) is 34.9 Å². The van der Waals surface area contributed by atoms with Crippen molar-refractivity contribution in [2.75, 3.05) is 4.90 Å². The van der Waals surface area contributed by atoms with Crippen molar-refractivity contribution in [3.63, 3.8) is 0 Å². The number of hydrogen-bond acceptors (Lipinski definition) is 3. The van der Waals surface area contributed by atoms with Crippen LogP contribution in [0.2, 0.25) is 0 Å². The minimum Gasteiger partial charge on any atom is -0.327 e. The minimum atomic E-state index is -0.192. The lowest BCUT2D eigenvalue weighted by Crippen LogP contribution is -2.30. The molecule has 2 unspecified atom stereocenters. The summed E-state index contributed by atoms with van der Waals surface area (Å²) in [6.07, 6.45) is 13.6. The molecule has 26 heavy (non-hydrogen) atoms. The molecule has 1 saturated heterocycles. The van der Waals surface area contributed by atoms with E-state index in [0.717, 1.165) is 11.0 Å². The summed E-state index contributed by atoms with van der Waals surface area (Å²) in [5, 5.41) is 0. The Morgan fingerprint density at radius 2 is 1.62 bits per heavy atom. The van der Waals surface area contributed by atoms with Gasteiger partial charge in [-0.2, -0.15) is 0 Å². The number of imide groups is 1. The molecule has 3 aliphatic rings. The summed E-state index contributed by atoms with van der Waals surface area (Å²) in [5.74, 6) is -0.503. The van der Waals surface area contributed by atoms with Crippen molar-refractivity contribution in [1.29, 1.82) is 0 Å². The summed E-state index contributed by atoms with van der Waals surface area (Å²) in [7, 11) is 0. The fourth-order valence-electron chi connectivity index (χ4n) is 4.86. The van der Waals surface area contributed by atoms with Gasteiger partial charge in [-0.15, -0.1) is 0 Å². The fraction of sp³-hybridized carbons (Fsp3) is 0.476. The van der Waals surface area contributed by atoms with Crippen LogP contribution in [0, 0.1) is 11.8 Å². The van der Waals surface area contributed by atoms with Gasteiger partial charge in [0.1, 0.15) is 0 Å². The van der Waals surface area contributed by atoms with Gasteiger partial charge in [-0.05, 0) is 43.9 Å². The number of aromatic nitrogens is 2. The molecule has 2 aromatic rings. The van der Waals surface area contributed by atoms with Crippen LogP contribution in [-0.4, -0.2) is 21.4 Å². The Bertz CT molecular complexity index is 881. The zero-order valence-corrected chi connectivity index (χ0v) is 14.8. The number of carbonyl (C=O) groups excluding carboxylic acids is 2. The summed E-state index contributed by atoms with van der Waals surface area (Å²) in [6.45, 7) is 0. The van der Waals surface area contributed by atoms with E-state index >= 15 is 0 Å². The predicted molar refractivity (Wildman–Crippen MR) is 99.7 cm³/mol. The van der Waals surface area contributed by atoms with Gasteiger partial charge in [-0.3, -0.25) is 9.59 Å². The summed E-state index contributed by atoms with van der Waals surface area (Å²) in [5.41, 5.74) is 2.62. The lowest BCUT2D eigenvalue weighted by Gasteiger charge is -2.23. The van der Waals surface area contributed by atoms with Crippen molar-refractivity contribution in [2.45, 2.75) is 51.0 Å². The first-order chi connectivity index (χ1) is 12.7. The van der Waals surface area contributed by atoms with E-state index in [-0.39, 0.29) is 23.7 Å². The molecule has 1 aromatic heterocycles. The van der Waals surface area contributed by atoms with Crippen LogP contribution in [0.5, 0.6) is 0 Å². The number of imidazole rings is 1. The maximum absolute atomic E-state index is 12.8. The van der Waals surface area contributed by atoms with Crippen molar-refractivity contribution in [3.05, 3.63) is 36.7 Å². The lowest BCUT2D eigenvalue weighted by atomic mass is 9.85. The van der Waals surface area contributed by atoms with Crippen LogP contribution in [0.3, 0.4) is 0 Å². The molecule has 0 N–H and O–H groups in total. The van der Waals surface area contributed by atoms with Crippen LogP contribution in [0.1, 0.15) is 51.0 Å². The van der Waals surface area contributed by atoms with Crippen molar-refractivity contribution in [3.8, 4) is 0 Å². The van der Waals surface area contributed by atoms with E-state index in [0.29, 0.717) is 24.6 Å². The summed E-state index contributed by atoms with van der Waals surface area (Å²) >= 11 is 0. The number of rotatable bonds is 2. The Kier molecular flexibility index (Phi) is 3.69. The second kappa shape index (κ2) is 6.08. The van der Waals surface area contributed by atoms with Gasteiger partial charge in [0.25, 0.3) is 0 Å². The number of nitrogens with zero attached hydrogens (tertiary/aromatic N) is 3. The smallest absolute Gasteiger partial charge is 0.238 e. The van der Waals surface area contributed by atoms with Gasteiger partial charge >= 0.3 is 0 Å². The minimum absolute atomic E-state index is 0.0598. The molecule has 134 valence electrons. The topological polar surface area (TPSA) is 55.2 Å². The highest BCUT2D eigenvalue weighted by atomic mass is 16.2. The van der Waals surface area contributed by atoms with Gasteiger partial charge in [0.15, 0.2) is 0 Å². The first kappa shape index (κ1) is 15.8.